The molecular formula is C16H15ClFNOS. The lowest BCUT2D eigenvalue weighted by molar-refractivity contribution is 0.305. The summed E-state index contributed by atoms with van der Waals surface area (Å²) in [6.07, 6.45) is 0. The van der Waals surface area contributed by atoms with Crippen LogP contribution in [0.5, 0.6) is 5.75 Å². The monoisotopic (exact) mass is 323 g/mol. The molecular weight excluding hydrogens is 309 g/mol. The first-order chi connectivity index (χ1) is 9.88. The minimum Gasteiger partial charge on any atom is -0.489 e. The number of benzene rings is 2. The van der Waals surface area contributed by atoms with E-state index in [1.807, 2.05) is 26.0 Å². The summed E-state index contributed by atoms with van der Waals surface area (Å²) < 4.78 is 19.1. The third kappa shape index (κ3) is 3.71. The Morgan fingerprint density at radius 3 is 2.43 bits per heavy atom. The Morgan fingerprint density at radius 1 is 1.24 bits per heavy atom. The first-order valence-corrected chi connectivity index (χ1v) is 7.15. The fourth-order valence-corrected chi connectivity index (χ4v) is 2.38. The molecule has 0 radical (unpaired) electrons. The number of rotatable bonds is 4. The zero-order chi connectivity index (χ0) is 15.6. The summed E-state index contributed by atoms with van der Waals surface area (Å²) in [6, 6.07) is 7.96. The Balaban J connectivity index is 2.24. The van der Waals surface area contributed by atoms with Gasteiger partial charge in [-0.25, -0.2) is 4.39 Å². The van der Waals surface area contributed by atoms with Crippen LogP contribution in [0.1, 0.15) is 22.3 Å². The number of halogens is 2. The molecule has 0 spiro atoms. The van der Waals surface area contributed by atoms with Crippen LogP contribution in [0.25, 0.3) is 0 Å². The van der Waals surface area contributed by atoms with E-state index >= 15 is 0 Å². The predicted molar refractivity (Wildman–Crippen MR) is 87.5 cm³/mol. The van der Waals surface area contributed by atoms with Crippen LogP contribution in [-0.2, 0) is 6.61 Å². The summed E-state index contributed by atoms with van der Waals surface area (Å²) in [4.78, 5) is 0.220. The van der Waals surface area contributed by atoms with Gasteiger partial charge >= 0.3 is 0 Å². The molecule has 2 aromatic rings. The normalized spacial score (nSPS) is 10.5. The SMILES string of the molecule is Cc1cc(OCc2cc(F)ccc2C(N)=S)cc(C)c1Cl. The molecule has 0 saturated heterocycles. The van der Waals surface area contributed by atoms with Crippen molar-refractivity contribution in [2.75, 3.05) is 0 Å². The van der Waals surface area contributed by atoms with Crippen molar-refractivity contribution in [3.63, 3.8) is 0 Å². The van der Waals surface area contributed by atoms with Crippen LogP contribution in [0.3, 0.4) is 0 Å². The highest BCUT2D eigenvalue weighted by Crippen LogP contribution is 2.26. The molecule has 0 amide bonds. The molecule has 0 atom stereocenters. The molecule has 2 nitrogen and oxygen atoms in total. The molecule has 2 aromatic carbocycles. The minimum absolute atomic E-state index is 0.185. The van der Waals surface area contributed by atoms with Crippen LogP contribution in [-0.4, -0.2) is 4.99 Å². The van der Waals surface area contributed by atoms with Crippen molar-refractivity contribution in [3.8, 4) is 5.75 Å². The molecule has 21 heavy (non-hydrogen) atoms. The van der Waals surface area contributed by atoms with Crippen molar-refractivity contribution < 1.29 is 9.13 Å². The molecule has 0 aromatic heterocycles. The zero-order valence-electron chi connectivity index (χ0n) is 11.7. The number of hydrogen-bond acceptors (Lipinski definition) is 2. The van der Waals surface area contributed by atoms with Crippen LogP contribution < -0.4 is 10.5 Å². The van der Waals surface area contributed by atoms with E-state index in [2.05, 4.69) is 0 Å². The Hall–Kier alpha value is -1.65. The van der Waals surface area contributed by atoms with Crippen LogP contribution in [0.15, 0.2) is 30.3 Å². The molecule has 0 fully saturated rings. The zero-order valence-corrected chi connectivity index (χ0v) is 13.3. The largest absolute Gasteiger partial charge is 0.489 e. The van der Waals surface area contributed by atoms with Gasteiger partial charge in [0.05, 0.1) is 0 Å². The smallest absolute Gasteiger partial charge is 0.123 e. The summed E-state index contributed by atoms with van der Waals surface area (Å²) in [5.74, 6) is 0.324. The van der Waals surface area contributed by atoms with Gasteiger partial charge in [-0.05, 0) is 55.3 Å². The predicted octanol–water partition coefficient (Wildman–Crippen LogP) is 4.31. The van der Waals surface area contributed by atoms with Crippen LogP contribution in [0.2, 0.25) is 5.02 Å². The Kier molecular flexibility index (Phi) is 4.80. The van der Waals surface area contributed by atoms with Crippen LogP contribution in [0.4, 0.5) is 4.39 Å². The summed E-state index contributed by atoms with van der Waals surface area (Å²) in [7, 11) is 0. The topological polar surface area (TPSA) is 35.2 Å². The third-order valence-electron chi connectivity index (χ3n) is 3.14. The van der Waals surface area contributed by atoms with Gasteiger partial charge in [0, 0.05) is 16.1 Å². The molecule has 2 rings (SSSR count). The van der Waals surface area contributed by atoms with E-state index in [9.17, 15) is 4.39 Å². The third-order valence-corrected chi connectivity index (χ3v) is 3.95. The van der Waals surface area contributed by atoms with E-state index < -0.39 is 0 Å². The molecule has 5 heteroatoms. The van der Waals surface area contributed by atoms with Gasteiger partial charge in [0.1, 0.15) is 23.2 Å². The molecule has 0 aliphatic heterocycles. The molecule has 0 unspecified atom stereocenters. The highest BCUT2D eigenvalue weighted by molar-refractivity contribution is 7.80. The fourth-order valence-electron chi connectivity index (χ4n) is 2.07. The molecule has 0 aliphatic rings. The fraction of sp³-hybridized carbons (Fsp3) is 0.188. The van der Waals surface area contributed by atoms with Crippen LogP contribution in [0, 0.1) is 19.7 Å². The Bertz CT molecular complexity index is 680. The number of hydrogen-bond donors (Lipinski definition) is 1. The molecule has 0 heterocycles. The maximum atomic E-state index is 13.4. The standard InChI is InChI=1S/C16H15ClFNOS/c1-9-5-13(6-10(2)15(9)17)20-8-11-7-12(18)3-4-14(11)16(19)21/h3-7H,8H2,1-2H3,(H2,19,21). The summed E-state index contributed by atoms with van der Waals surface area (Å²) in [5.41, 5.74) is 8.74. The van der Waals surface area contributed by atoms with Gasteiger partial charge in [-0.3, -0.25) is 0 Å². The van der Waals surface area contributed by atoms with Crippen LogP contribution >= 0.6 is 23.8 Å². The van der Waals surface area contributed by atoms with Gasteiger partial charge in [-0.1, -0.05) is 23.8 Å². The van der Waals surface area contributed by atoms with Crippen molar-refractivity contribution in [1.82, 2.24) is 0 Å². The lowest BCUT2D eigenvalue weighted by Crippen LogP contribution is -2.14. The second-order valence-corrected chi connectivity index (χ2v) is 5.64. The first kappa shape index (κ1) is 15.7. The number of aryl methyl sites for hydroxylation is 2. The van der Waals surface area contributed by atoms with E-state index in [4.69, 9.17) is 34.3 Å². The van der Waals surface area contributed by atoms with E-state index in [0.717, 1.165) is 16.1 Å². The van der Waals surface area contributed by atoms with E-state index in [1.165, 1.54) is 12.1 Å². The first-order valence-electron chi connectivity index (χ1n) is 6.36. The van der Waals surface area contributed by atoms with Crippen molar-refractivity contribution >= 4 is 28.8 Å². The summed E-state index contributed by atoms with van der Waals surface area (Å²) >= 11 is 11.1. The lowest BCUT2D eigenvalue weighted by atomic mass is 10.1. The van der Waals surface area contributed by atoms with Gasteiger partial charge in [-0.15, -0.1) is 0 Å². The average Bonchev–Trinajstić information content (AvgIpc) is 2.42. The Morgan fingerprint density at radius 2 is 1.86 bits per heavy atom. The summed E-state index contributed by atoms with van der Waals surface area (Å²) in [5, 5.41) is 0.719. The van der Waals surface area contributed by atoms with Gasteiger partial charge in [0.15, 0.2) is 0 Å². The summed E-state index contributed by atoms with van der Waals surface area (Å²) in [6.45, 7) is 4.00. The second kappa shape index (κ2) is 6.41. The molecule has 0 saturated carbocycles. The second-order valence-electron chi connectivity index (χ2n) is 4.83. The Labute approximate surface area is 133 Å². The molecule has 110 valence electrons. The quantitative estimate of drug-likeness (QED) is 0.852. The van der Waals surface area contributed by atoms with Crippen molar-refractivity contribution in [2.24, 2.45) is 5.73 Å². The van der Waals surface area contributed by atoms with Gasteiger partial charge in [0.25, 0.3) is 0 Å². The molecule has 2 N–H and O–H groups in total. The van der Waals surface area contributed by atoms with Crippen molar-refractivity contribution in [3.05, 3.63) is 63.4 Å². The number of nitrogens with two attached hydrogens (primary N) is 1. The van der Waals surface area contributed by atoms with E-state index in [1.54, 1.807) is 6.07 Å². The van der Waals surface area contributed by atoms with Gasteiger partial charge in [0.2, 0.25) is 0 Å². The molecule has 0 bridgehead atoms. The van der Waals surface area contributed by atoms with Gasteiger partial charge in [-0.2, -0.15) is 0 Å². The van der Waals surface area contributed by atoms with Crippen molar-refractivity contribution in [2.45, 2.75) is 20.5 Å². The average molecular weight is 324 g/mol. The van der Waals surface area contributed by atoms with Crippen molar-refractivity contribution in [1.29, 1.82) is 0 Å². The van der Waals surface area contributed by atoms with E-state index in [0.29, 0.717) is 16.9 Å². The number of thiocarbonyl (C=S) groups is 1. The highest BCUT2D eigenvalue weighted by atomic mass is 35.5. The number of ether oxygens (including phenoxy) is 1. The maximum Gasteiger partial charge on any atom is 0.123 e. The highest BCUT2D eigenvalue weighted by Gasteiger charge is 2.09. The minimum atomic E-state index is -0.350. The molecule has 0 aliphatic carbocycles. The maximum absolute atomic E-state index is 13.4. The van der Waals surface area contributed by atoms with Gasteiger partial charge < -0.3 is 10.5 Å². The lowest BCUT2D eigenvalue weighted by Gasteiger charge is -2.12. The van der Waals surface area contributed by atoms with E-state index in [-0.39, 0.29) is 17.4 Å².